The van der Waals surface area contributed by atoms with Crippen molar-refractivity contribution in [1.82, 2.24) is 0 Å². The van der Waals surface area contributed by atoms with Crippen LogP contribution in [0, 0.1) is 20.8 Å². The van der Waals surface area contributed by atoms with Gasteiger partial charge in [-0.1, -0.05) is 35.9 Å². The Morgan fingerprint density at radius 1 is 0.556 bits per heavy atom. The highest BCUT2D eigenvalue weighted by atomic mass is 32.2. The minimum atomic E-state index is -5.32. The predicted octanol–water partition coefficient (Wildman–Crippen LogP) is 8.54. The van der Waals surface area contributed by atoms with Crippen LogP contribution >= 0.6 is 0 Å². The SMILES string of the molecule is Cc1ccc(S(=O)(=O)Oc2ccc(N=Nc3ccc(-c4ccc(N=Nc5c(O)ccc6cc(S(=O)(=O)[O-])cc(S(=O)(=O)[O-])c56)cc4C)c(C)c3)cc2)cc1. The number of rotatable bonds is 10. The van der Waals surface area contributed by atoms with Gasteiger partial charge in [0.2, 0.25) is 0 Å². The molecule has 0 aliphatic rings. The predicted molar refractivity (Wildman–Crippen MR) is 197 cm³/mol. The van der Waals surface area contributed by atoms with Crippen molar-refractivity contribution in [3.8, 4) is 22.6 Å². The molecular formula is C37H28N4O10S3-2. The number of hydrogen-bond donors (Lipinski definition) is 1. The van der Waals surface area contributed by atoms with Gasteiger partial charge in [-0.25, -0.2) is 16.8 Å². The first kappa shape index (κ1) is 37.9. The molecule has 14 nitrogen and oxygen atoms in total. The van der Waals surface area contributed by atoms with E-state index in [4.69, 9.17) is 4.18 Å². The van der Waals surface area contributed by atoms with E-state index in [0.29, 0.717) is 23.1 Å². The van der Waals surface area contributed by atoms with Crippen molar-refractivity contribution in [2.45, 2.75) is 35.5 Å². The summed E-state index contributed by atoms with van der Waals surface area (Å²) in [5, 5.41) is 26.7. The maximum absolute atomic E-state index is 12.6. The zero-order chi connectivity index (χ0) is 39.0. The Bertz CT molecular complexity index is 2840. The molecule has 0 saturated carbocycles. The fourth-order valence-corrected chi connectivity index (χ4v) is 7.78. The van der Waals surface area contributed by atoms with Gasteiger partial charge in [0.25, 0.3) is 0 Å². The zero-order valence-electron chi connectivity index (χ0n) is 28.5. The molecule has 1 N–H and O–H groups in total. The van der Waals surface area contributed by atoms with Gasteiger partial charge in [0.15, 0.2) is 0 Å². The third-order valence-corrected chi connectivity index (χ3v) is 11.1. The van der Waals surface area contributed by atoms with Gasteiger partial charge in [-0.15, -0.1) is 5.11 Å². The Labute approximate surface area is 310 Å². The van der Waals surface area contributed by atoms with E-state index in [9.17, 15) is 39.5 Å². The van der Waals surface area contributed by atoms with Gasteiger partial charge in [0.05, 0.1) is 26.9 Å². The molecule has 0 atom stereocenters. The van der Waals surface area contributed by atoms with Gasteiger partial charge in [0, 0.05) is 5.39 Å². The monoisotopic (exact) mass is 784 g/mol. The Hall–Kier alpha value is -5.85. The molecule has 0 amide bonds. The first-order valence-corrected chi connectivity index (χ1v) is 20.0. The first-order valence-electron chi connectivity index (χ1n) is 15.8. The summed E-state index contributed by atoms with van der Waals surface area (Å²) < 4.78 is 101. The number of aromatic hydroxyl groups is 1. The van der Waals surface area contributed by atoms with Crippen LogP contribution in [0.1, 0.15) is 16.7 Å². The molecular weight excluding hydrogens is 757 g/mol. The summed E-state index contributed by atoms with van der Waals surface area (Å²) in [4.78, 5) is -1.93. The largest absolute Gasteiger partial charge is 0.744 e. The van der Waals surface area contributed by atoms with Crippen LogP contribution in [0.5, 0.6) is 11.5 Å². The average Bonchev–Trinajstić information content (AvgIpc) is 3.10. The second kappa shape index (κ2) is 14.5. The lowest BCUT2D eigenvalue weighted by Gasteiger charge is -2.16. The van der Waals surface area contributed by atoms with E-state index in [1.807, 2.05) is 32.9 Å². The fraction of sp³-hybridized carbons (Fsp3) is 0.0811. The Balaban J connectivity index is 1.20. The van der Waals surface area contributed by atoms with Crippen LogP contribution in [-0.2, 0) is 30.4 Å². The van der Waals surface area contributed by atoms with Crippen LogP contribution in [0.4, 0.5) is 22.7 Å². The molecule has 6 aromatic carbocycles. The van der Waals surface area contributed by atoms with E-state index < -0.39 is 57.0 Å². The molecule has 6 aromatic rings. The molecule has 0 fully saturated rings. The number of fused-ring (bicyclic) bond motifs is 1. The van der Waals surface area contributed by atoms with Crippen LogP contribution in [-0.4, -0.2) is 39.5 Å². The van der Waals surface area contributed by atoms with Crippen molar-refractivity contribution < 1.29 is 43.6 Å². The summed E-state index contributed by atoms with van der Waals surface area (Å²) in [6, 6.07) is 26.6. The molecule has 0 radical (unpaired) electrons. The number of azo groups is 2. The second-order valence-corrected chi connectivity index (χ2v) is 16.4. The molecule has 54 heavy (non-hydrogen) atoms. The maximum atomic E-state index is 12.6. The number of phenolic OH excluding ortho intramolecular Hbond substituents is 1. The normalized spacial score (nSPS) is 12.5. The molecule has 0 spiro atoms. The number of aryl methyl sites for hydroxylation is 3. The van der Waals surface area contributed by atoms with Crippen LogP contribution in [0.15, 0.2) is 144 Å². The fourth-order valence-electron chi connectivity index (χ4n) is 5.51. The maximum Gasteiger partial charge on any atom is 0.339 e. The second-order valence-electron chi connectivity index (χ2n) is 12.1. The van der Waals surface area contributed by atoms with E-state index in [0.717, 1.165) is 46.0 Å². The van der Waals surface area contributed by atoms with E-state index in [1.165, 1.54) is 24.3 Å². The highest BCUT2D eigenvalue weighted by molar-refractivity contribution is 7.87. The smallest absolute Gasteiger partial charge is 0.339 e. The number of phenols is 1. The van der Waals surface area contributed by atoms with Crippen LogP contribution in [0.25, 0.3) is 21.9 Å². The van der Waals surface area contributed by atoms with Crippen molar-refractivity contribution >= 4 is 63.9 Å². The summed E-state index contributed by atoms with van der Waals surface area (Å²) in [6.45, 7) is 5.59. The molecule has 0 bridgehead atoms. The van der Waals surface area contributed by atoms with E-state index in [-0.39, 0.29) is 16.0 Å². The highest BCUT2D eigenvalue weighted by Crippen LogP contribution is 2.41. The molecule has 276 valence electrons. The topological polar surface area (TPSA) is 227 Å². The summed E-state index contributed by atoms with van der Waals surface area (Å²) in [5.41, 5.74) is 5.26. The van der Waals surface area contributed by atoms with Gasteiger partial charge >= 0.3 is 10.1 Å². The van der Waals surface area contributed by atoms with Gasteiger partial charge < -0.3 is 18.4 Å². The quantitative estimate of drug-likeness (QED) is 0.0790. The number of benzene rings is 6. The lowest BCUT2D eigenvalue weighted by molar-refractivity contribution is 0.461. The van der Waals surface area contributed by atoms with E-state index in [1.54, 1.807) is 48.5 Å². The summed E-state index contributed by atoms with van der Waals surface area (Å²) in [7, 11) is -14.4. The number of nitrogens with zero attached hydrogens (tertiary/aromatic N) is 4. The third-order valence-electron chi connectivity index (χ3n) is 8.17. The van der Waals surface area contributed by atoms with Gasteiger partial charge in [0.1, 0.15) is 42.3 Å². The third kappa shape index (κ3) is 8.35. The standard InChI is InChI=1S/C37H30N4O10S3/c1-22-4-13-30(14-5-22)54(49,50)51-29-11-7-26(8-12-29)38-39-27-9-15-32(23(2)18-27)33-16-10-28(19-24(33)3)40-41-37-34(42)17-6-25-20-31(52(43,44)45)21-35(36(25)37)53(46,47)48/h4-21,42H,1-3H3,(H,43,44,45)(H,46,47,48)/p-2. The summed E-state index contributed by atoms with van der Waals surface area (Å²) >= 11 is 0. The molecule has 0 heterocycles. The zero-order valence-corrected chi connectivity index (χ0v) is 31.0. The molecule has 6 rings (SSSR count). The number of hydrogen-bond acceptors (Lipinski definition) is 14. The molecule has 0 unspecified atom stereocenters. The minimum Gasteiger partial charge on any atom is -0.744 e. The van der Waals surface area contributed by atoms with Crippen molar-refractivity contribution in [2.75, 3.05) is 0 Å². The minimum absolute atomic E-state index is 0.0454. The van der Waals surface area contributed by atoms with Gasteiger partial charge in [-0.3, -0.25) is 0 Å². The molecule has 17 heteroatoms. The lowest BCUT2D eigenvalue weighted by Crippen LogP contribution is -2.09. The molecule has 0 aliphatic carbocycles. The van der Waals surface area contributed by atoms with Crippen molar-refractivity contribution in [3.05, 3.63) is 126 Å². The van der Waals surface area contributed by atoms with Crippen molar-refractivity contribution in [1.29, 1.82) is 0 Å². The lowest BCUT2D eigenvalue weighted by atomic mass is 9.96. The first-order chi connectivity index (χ1) is 25.4. The summed E-state index contributed by atoms with van der Waals surface area (Å²) in [5.74, 6) is -0.409. The van der Waals surface area contributed by atoms with Gasteiger partial charge in [-0.2, -0.15) is 23.8 Å². The van der Waals surface area contributed by atoms with Gasteiger partial charge in [-0.05, 0) is 127 Å². The van der Waals surface area contributed by atoms with Crippen molar-refractivity contribution in [2.24, 2.45) is 20.5 Å². The molecule has 0 saturated heterocycles. The Kier molecular flexibility index (Phi) is 10.2. The molecule has 0 aromatic heterocycles. The Morgan fingerprint density at radius 2 is 1.09 bits per heavy atom. The van der Waals surface area contributed by atoms with Crippen LogP contribution < -0.4 is 4.18 Å². The molecule has 0 aliphatic heterocycles. The van der Waals surface area contributed by atoms with Crippen LogP contribution in [0.2, 0.25) is 0 Å². The highest BCUT2D eigenvalue weighted by Gasteiger charge is 2.19. The van der Waals surface area contributed by atoms with E-state index >= 15 is 0 Å². The van der Waals surface area contributed by atoms with Crippen molar-refractivity contribution in [3.63, 3.8) is 0 Å². The van der Waals surface area contributed by atoms with Crippen LogP contribution in [0.3, 0.4) is 0 Å². The van der Waals surface area contributed by atoms with E-state index in [2.05, 4.69) is 20.5 Å². The average molecular weight is 785 g/mol. The summed E-state index contributed by atoms with van der Waals surface area (Å²) in [6.07, 6.45) is 0. The Morgan fingerprint density at radius 3 is 1.63 bits per heavy atom.